The van der Waals surface area contributed by atoms with E-state index in [2.05, 4.69) is 10.8 Å². The minimum absolute atomic E-state index is 0.952. The molecule has 0 aromatic carbocycles. The monoisotopic (exact) mass is 165 g/mol. The van der Waals surface area contributed by atoms with Crippen LogP contribution in [0, 0.1) is 12.3 Å². The van der Waals surface area contributed by atoms with Crippen molar-refractivity contribution in [2.45, 2.75) is 38.5 Å². The molecule has 0 radical (unpaired) electrons. The fourth-order valence-corrected chi connectivity index (χ4v) is 1.75. The first-order valence-electron chi connectivity index (χ1n) is 5.09. The van der Waals surface area contributed by atoms with Crippen LogP contribution in [0.25, 0.3) is 0 Å². The summed E-state index contributed by atoms with van der Waals surface area (Å²) in [5, 5.41) is 0. The van der Waals surface area contributed by atoms with Crippen molar-refractivity contribution in [3.8, 4) is 12.3 Å². The van der Waals surface area contributed by atoms with Crippen LogP contribution in [0.3, 0.4) is 0 Å². The molecule has 0 aromatic heterocycles. The third-order valence-electron chi connectivity index (χ3n) is 2.49. The van der Waals surface area contributed by atoms with Gasteiger partial charge in [0.15, 0.2) is 0 Å². The molecule has 1 heteroatoms. The normalized spacial score (nSPS) is 18.9. The van der Waals surface area contributed by atoms with E-state index in [0.717, 1.165) is 6.42 Å². The second-order valence-corrected chi connectivity index (χ2v) is 3.56. The van der Waals surface area contributed by atoms with Gasteiger partial charge in [-0.15, -0.1) is 12.3 Å². The van der Waals surface area contributed by atoms with Crippen molar-refractivity contribution in [1.29, 1.82) is 0 Å². The van der Waals surface area contributed by atoms with E-state index in [0.29, 0.717) is 0 Å². The molecule has 1 aliphatic heterocycles. The molecule has 0 unspecified atom stereocenters. The van der Waals surface area contributed by atoms with Crippen molar-refractivity contribution < 1.29 is 0 Å². The second-order valence-electron chi connectivity index (χ2n) is 3.56. The lowest BCUT2D eigenvalue weighted by Crippen LogP contribution is -2.30. The molecule has 0 N–H and O–H groups in total. The molecule has 0 spiro atoms. The lowest BCUT2D eigenvalue weighted by molar-refractivity contribution is 0.225. The summed E-state index contributed by atoms with van der Waals surface area (Å²) in [7, 11) is 0. The Balaban J connectivity index is 1.95. The Bertz CT molecular complexity index is 140. The first-order valence-corrected chi connectivity index (χ1v) is 5.09. The molecule has 0 atom stereocenters. The van der Waals surface area contributed by atoms with Gasteiger partial charge in [0.2, 0.25) is 0 Å². The predicted octanol–water partition coefficient (Wildman–Crippen LogP) is 2.28. The summed E-state index contributed by atoms with van der Waals surface area (Å²) < 4.78 is 0. The van der Waals surface area contributed by atoms with Gasteiger partial charge in [0.1, 0.15) is 0 Å². The van der Waals surface area contributed by atoms with E-state index < -0.39 is 0 Å². The second kappa shape index (κ2) is 6.08. The van der Waals surface area contributed by atoms with Gasteiger partial charge >= 0.3 is 0 Å². The average molecular weight is 165 g/mol. The molecule has 0 bridgehead atoms. The summed E-state index contributed by atoms with van der Waals surface area (Å²) in [6.45, 7) is 3.90. The van der Waals surface area contributed by atoms with E-state index >= 15 is 0 Å². The van der Waals surface area contributed by atoms with E-state index in [1.807, 2.05) is 0 Å². The van der Waals surface area contributed by atoms with Gasteiger partial charge < -0.3 is 4.90 Å². The maximum atomic E-state index is 5.18. The van der Waals surface area contributed by atoms with Crippen LogP contribution in [-0.2, 0) is 0 Å². The van der Waals surface area contributed by atoms with E-state index in [1.54, 1.807) is 0 Å². The van der Waals surface area contributed by atoms with Gasteiger partial charge in [0, 0.05) is 6.42 Å². The highest BCUT2D eigenvalue weighted by molar-refractivity contribution is 4.83. The molecular formula is C11H19N. The van der Waals surface area contributed by atoms with Gasteiger partial charge in [-0.05, 0) is 45.3 Å². The molecule has 0 aliphatic carbocycles. The SMILES string of the molecule is C#CCCCCN1CCCCC1. The number of hydrogen-bond acceptors (Lipinski definition) is 1. The van der Waals surface area contributed by atoms with Crippen molar-refractivity contribution in [1.82, 2.24) is 4.90 Å². The molecule has 12 heavy (non-hydrogen) atoms. The maximum Gasteiger partial charge on any atom is 0.00865 e. The zero-order chi connectivity index (χ0) is 8.65. The minimum Gasteiger partial charge on any atom is -0.303 e. The number of rotatable bonds is 4. The first-order chi connectivity index (χ1) is 5.93. The Hall–Kier alpha value is -0.480. The van der Waals surface area contributed by atoms with Gasteiger partial charge in [-0.25, -0.2) is 0 Å². The fraction of sp³-hybridized carbons (Fsp3) is 0.818. The Morgan fingerprint density at radius 1 is 1.08 bits per heavy atom. The minimum atomic E-state index is 0.952. The van der Waals surface area contributed by atoms with E-state index in [9.17, 15) is 0 Å². The van der Waals surface area contributed by atoms with Crippen LogP contribution < -0.4 is 0 Å². The molecule has 0 saturated carbocycles. The molecule has 1 rings (SSSR count). The quantitative estimate of drug-likeness (QED) is 0.456. The van der Waals surface area contributed by atoms with Crippen LogP contribution in [0.4, 0.5) is 0 Å². The Kier molecular flexibility index (Phi) is 4.87. The van der Waals surface area contributed by atoms with Gasteiger partial charge in [-0.1, -0.05) is 6.42 Å². The summed E-state index contributed by atoms with van der Waals surface area (Å²) >= 11 is 0. The zero-order valence-corrected chi connectivity index (χ0v) is 7.89. The number of unbranched alkanes of at least 4 members (excludes halogenated alkanes) is 2. The lowest BCUT2D eigenvalue weighted by atomic mass is 10.1. The summed E-state index contributed by atoms with van der Waals surface area (Å²) in [5.41, 5.74) is 0. The molecule has 68 valence electrons. The maximum absolute atomic E-state index is 5.18. The average Bonchev–Trinajstić information content (AvgIpc) is 2.14. The Morgan fingerprint density at radius 3 is 2.50 bits per heavy atom. The summed E-state index contributed by atoms with van der Waals surface area (Å²) in [6.07, 6.45) is 12.8. The topological polar surface area (TPSA) is 3.24 Å². The van der Waals surface area contributed by atoms with Gasteiger partial charge in [0.05, 0.1) is 0 Å². The third-order valence-corrected chi connectivity index (χ3v) is 2.49. The van der Waals surface area contributed by atoms with Gasteiger partial charge in [0.25, 0.3) is 0 Å². The van der Waals surface area contributed by atoms with Crippen LogP contribution in [0.2, 0.25) is 0 Å². The van der Waals surface area contributed by atoms with Gasteiger partial charge in [-0.2, -0.15) is 0 Å². The van der Waals surface area contributed by atoms with Gasteiger partial charge in [-0.3, -0.25) is 0 Å². The molecule has 0 amide bonds. The van der Waals surface area contributed by atoms with E-state index in [4.69, 9.17) is 6.42 Å². The lowest BCUT2D eigenvalue weighted by Gasteiger charge is -2.26. The number of terminal acetylenes is 1. The highest BCUT2D eigenvalue weighted by Crippen LogP contribution is 2.09. The smallest absolute Gasteiger partial charge is 0.00865 e. The number of likely N-dealkylation sites (tertiary alicyclic amines) is 1. The Labute approximate surface area is 76.1 Å². The number of piperidine rings is 1. The van der Waals surface area contributed by atoms with Crippen LogP contribution in [-0.4, -0.2) is 24.5 Å². The molecular weight excluding hydrogens is 146 g/mol. The standard InChI is InChI=1S/C11H19N/c1-2-3-4-6-9-12-10-7-5-8-11-12/h1H,3-11H2. The van der Waals surface area contributed by atoms with Crippen molar-refractivity contribution in [3.05, 3.63) is 0 Å². The summed E-state index contributed by atoms with van der Waals surface area (Å²) in [6, 6.07) is 0. The largest absolute Gasteiger partial charge is 0.303 e. The highest BCUT2D eigenvalue weighted by atomic mass is 15.1. The van der Waals surface area contributed by atoms with E-state index in [1.165, 1.54) is 51.7 Å². The van der Waals surface area contributed by atoms with Crippen molar-refractivity contribution in [2.75, 3.05) is 19.6 Å². The summed E-state index contributed by atoms with van der Waals surface area (Å²) in [5.74, 6) is 2.69. The molecule has 1 fully saturated rings. The van der Waals surface area contributed by atoms with Crippen LogP contribution in [0.15, 0.2) is 0 Å². The molecule has 1 nitrogen and oxygen atoms in total. The fourth-order valence-electron chi connectivity index (χ4n) is 1.75. The molecule has 1 aliphatic rings. The predicted molar refractivity (Wildman–Crippen MR) is 53.0 cm³/mol. The van der Waals surface area contributed by atoms with Crippen molar-refractivity contribution >= 4 is 0 Å². The van der Waals surface area contributed by atoms with Crippen LogP contribution in [0.1, 0.15) is 38.5 Å². The third kappa shape index (κ3) is 3.78. The van der Waals surface area contributed by atoms with Crippen LogP contribution in [0.5, 0.6) is 0 Å². The molecule has 0 aromatic rings. The van der Waals surface area contributed by atoms with Crippen molar-refractivity contribution in [2.24, 2.45) is 0 Å². The highest BCUT2D eigenvalue weighted by Gasteiger charge is 2.08. The molecule has 1 heterocycles. The zero-order valence-electron chi connectivity index (χ0n) is 7.89. The summed E-state index contributed by atoms with van der Waals surface area (Å²) in [4.78, 5) is 2.57. The van der Waals surface area contributed by atoms with Crippen LogP contribution >= 0.6 is 0 Å². The Morgan fingerprint density at radius 2 is 1.83 bits per heavy atom. The van der Waals surface area contributed by atoms with E-state index in [-0.39, 0.29) is 0 Å². The van der Waals surface area contributed by atoms with Crippen molar-refractivity contribution in [3.63, 3.8) is 0 Å². The number of nitrogens with zero attached hydrogens (tertiary/aromatic N) is 1. The number of hydrogen-bond donors (Lipinski definition) is 0. The molecule has 1 saturated heterocycles. The first kappa shape index (κ1) is 9.61.